The highest BCUT2D eigenvalue weighted by molar-refractivity contribution is 7.14. The minimum atomic E-state index is -1.05. The van der Waals surface area contributed by atoms with Crippen molar-refractivity contribution in [1.82, 2.24) is 0 Å². The minimum absolute atomic E-state index is 0.0731. The molecule has 2 amide bonds. The molecule has 1 aromatic heterocycles. The molecule has 0 spiro atoms. The molecule has 2 aromatic rings. The summed E-state index contributed by atoms with van der Waals surface area (Å²) in [5.74, 6) is -0.730. The second-order valence-electron chi connectivity index (χ2n) is 5.50. The van der Waals surface area contributed by atoms with Gasteiger partial charge in [-0.05, 0) is 24.4 Å². The number of benzene rings is 1. The summed E-state index contributed by atoms with van der Waals surface area (Å²) in [6.45, 7) is 1.44. The summed E-state index contributed by atoms with van der Waals surface area (Å²) in [7, 11) is 3.01. The van der Waals surface area contributed by atoms with Crippen LogP contribution in [0.1, 0.15) is 22.8 Å². The number of carbonyl (C=O) groups excluding carboxylic acids is 3. The summed E-state index contributed by atoms with van der Waals surface area (Å²) in [5.41, 5.74) is 6.04. The van der Waals surface area contributed by atoms with Gasteiger partial charge in [0.1, 0.15) is 16.5 Å². The number of nitrogens with two attached hydrogens (primary N) is 1. The molecule has 9 heteroatoms. The maximum atomic E-state index is 12.2. The van der Waals surface area contributed by atoms with Crippen LogP contribution in [-0.4, -0.2) is 38.1 Å². The van der Waals surface area contributed by atoms with Gasteiger partial charge in [0.15, 0.2) is 6.10 Å². The van der Waals surface area contributed by atoms with Crippen molar-refractivity contribution in [2.45, 2.75) is 19.4 Å². The number of methoxy groups -OCH3 is 2. The largest absolute Gasteiger partial charge is 0.497 e. The van der Waals surface area contributed by atoms with Gasteiger partial charge in [-0.2, -0.15) is 0 Å². The molecule has 0 unspecified atom stereocenters. The standard InChI is InChI=1S/C18H20N2O6S/c1-10(17(23)20-18-13(16(19)22)6-7-27-18)26-15(21)8-11-4-5-12(24-2)9-14(11)25-3/h4-7,9-10H,8H2,1-3H3,(H2,19,22)(H,20,23)/t10-/m0/s1. The van der Waals surface area contributed by atoms with Crippen LogP contribution >= 0.6 is 11.3 Å². The lowest BCUT2D eigenvalue weighted by Gasteiger charge is -2.14. The first-order valence-electron chi connectivity index (χ1n) is 7.94. The van der Waals surface area contributed by atoms with Gasteiger partial charge in [0, 0.05) is 11.6 Å². The molecule has 3 N–H and O–H groups in total. The average Bonchev–Trinajstić information content (AvgIpc) is 3.10. The molecule has 0 saturated heterocycles. The number of ether oxygens (including phenoxy) is 3. The Labute approximate surface area is 160 Å². The molecule has 0 bridgehead atoms. The average molecular weight is 392 g/mol. The molecule has 144 valence electrons. The van der Waals surface area contributed by atoms with Gasteiger partial charge in [-0.3, -0.25) is 14.4 Å². The summed E-state index contributed by atoms with van der Waals surface area (Å²) in [6, 6.07) is 6.55. The molecule has 27 heavy (non-hydrogen) atoms. The number of primary amides is 1. The fourth-order valence-electron chi connectivity index (χ4n) is 2.26. The molecule has 2 rings (SSSR count). The Balaban J connectivity index is 1.98. The summed E-state index contributed by atoms with van der Waals surface area (Å²) in [6.07, 6.45) is -1.12. The van der Waals surface area contributed by atoms with E-state index in [1.165, 1.54) is 27.2 Å². The van der Waals surface area contributed by atoms with Crippen LogP contribution in [0, 0.1) is 0 Å². The third-order valence-electron chi connectivity index (χ3n) is 3.67. The van der Waals surface area contributed by atoms with Crippen LogP contribution in [0.2, 0.25) is 0 Å². The Hall–Kier alpha value is -3.07. The van der Waals surface area contributed by atoms with E-state index in [-0.39, 0.29) is 12.0 Å². The number of nitrogens with one attached hydrogen (secondary N) is 1. The first kappa shape index (κ1) is 20.2. The third-order valence-corrected chi connectivity index (χ3v) is 4.50. The van der Waals surface area contributed by atoms with E-state index in [0.717, 1.165) is 11.3 Å². The van der Waals surface area contributed by atoms with Gasteiger partial charge in [0.25, 0.3) is 11.8 Å². The molecule has 0 fully saturated rings. The molecule has 0 radical (unpaired) electrons. The van der Waals surface area contributed by atoms with E-state index in [9.17, 15) is 14.4 Å². The van der Waals surface area contributed by atoms with Crippen LogP contribution in [0.4, 0.5) is 5.00 Å². The maximum Gasteiger partial charge on any atom is 0.311 e. The predicted octanol–water partition coefficient (Wildman–Crippen LogP) is 1.98. The maximum absolute atomic E-state index is 12.2. The van der Waals surface area contributed by atoms with Crippen molar-refractivity contribution < 1.29 is 28.6 Å². The van der Waals surface area contributed by atoms with Gasteiger partial charge in [0.2, 0.25) is 0 Å². The molecule has 0 aliphatic heterocycles. The smallest absolute Gasteiger partial charge is 0.311 e. The number of carbonyl (C=O) groups is 3. The predicted molar refractivity (Wildman–Crippen MR) is 100 cm³/mol. The van der Waals surface area contributed by atoms with Crippen LogP contribution in [0.3, 0.4) is 0 Å². The van der Waals surface area contributed by atoms with Crippen LogP contribution < -0.4 is 20.5 Å². The summed E-state index contributed by atoms with van der Waals surface area (Å²) in [4.78, 5) is 35.7. The molecule has 0 aliphatic carbocycles. The summed E-state index contributed by atoms with van der Waals surface area (Å²) < 4.78 is 15.5. The normalized spacial score (nSPS) is 11.4. The van der Waals surface area contributed by atoms with E-state index in [0.29, 0.717) is 22.1 Å². The van der Waals surface area contributed by atoms with Crippen molar-refractivity contribution in [1.29, 1.82) is 0 Å². The Kier molecular flexibility index (Phi) is 6.78. The second-order valence-corrected chi connectivity index (χ2v) is 6.42. The zero-order chi connectivity index (χ0) is 20.0. The number of hydrogen-bond acceptors (Lipinski definition) is 7. The fourth-order valence-corrected chi connectivity index (χ4v) is 3.05. The fraction of sp³-hybridized carbons (Fsp3) is 0.278. The molecular formula is C18H20N2O6S. The van der Waals surface area contributed by atoms with Gasteiger partial charge < -0.3 is 25.3 Å². The van der Waals surface area contributed by atoms with Crippen LogP contribution in [0.25, 0.3) is 0 Å². The van der Waals surface area contributed by atoms with E-state index in [1.807, 2.05) is 0 Å². The Bertz CT molecular complexity index is 848. The van der Waals surface area contributed by atoms with Gasteiger partial charge in [-0.25, -0.2) is 0 Å². The Morgan fingerprint density at radius 2 is 1.93 bits per heavy atom. The molecule has 1 heterocycles. The number of hydrogen-bond donors (Lipinski definition) is 2. The topological polar surface area (TPSA) is 117 Å². The molecule has 1 atom stereocenters. The summed E-state index contributed by atoms with van der Waals surface area (Å²) in [5, 5.41) is 4.48. The number of esters is 1. The Morgan fingerprint density at radius 1 is 1.19 bits per heavy atom. The zero-order valence-corrected chi connectivity index (χ0v) is 15.9. The van der Waals surface area contributed by atoms with Crippen LogP contribution in [0.5, 0.6) is 11.5 Å². The van der Waals surface area contributed by atoms with Crippen molar-refractivity contribution in [2.75, 3.05) is 19.5 Å². The van der Waals surface area contributed by atoms with E-state index in [2.05, 4.69) is 5.32 Å². The van der Waals surface area contributed by atoms with Crippen molar-refractivity contribution in [2.24, 2.45) is 5.73 Å². The van der Waals surface area contributed by atoms with E-state index >= 15 is 0 Å². The van der Waals surface area contributed by atoms with Crippen LogP contribution in [0.15, 0.2) is 29.6 Å². The van der Waals surface area contributed by atoms with Gasteiger partial charge in [0.05, 0.1) is 26.2 Å². The number of anilines is 1. The van der Waals surface area contributed by atoms with Crippen molar-refractivity contribution in [3.63, 3.8) is 0 Å². The van der Waals surface area contributed by atoms with E-state index < -0.39 is 23.9 Å². The minimum Gasteiger partial charge on any atom is -0.497 e. The molecule has 1 aromatic carbocycles. The number of rotatable bonds is 8. The van der Waals surface area contributed by atoms with Gasteiger partial charge in [-0.1, -0.05) is 6.07 Å². The lowest BCUT2D eigenvalue weighted by Crippen LogP contribution is -2.31. The quantitative estimate of drug-likeness (QED) is 0.664. The molecule has 8 nitrogen and oxygen atoms in total. The number of thiophene rings is 1. The SMILES string of the molecule is COc1ccc(CC(=O)O[C@@H](C)C(=O)Nc2sccc2C(N)=O)c(OC)c1. The molecule has 0 saturated carbocycles. The zero-order valence-electron chi connectivity index (χ0n) is 15.1. The highest BCUT2D eigenvalue weighted by Crippen LogP contribution is 2.26. The van der Waals surface area contributed by atoms with Crippen molar-refractivity contribution >= 4 is 34.1 Å². The molecular weight excluding hydrogens is 372 g/mol. The van der Waals surface area contributed by atoms with Crippen molar-refractivity contribution in [3.05, 3.63) is 40.8 Å². The van der Waals surface area contributed by atoms with E-state index in [1.54, 1.807) is 23.6 Å². The van der Waals surface area contributed by atoms with Crippen molar-refractivity contribution in [3.8, 4) is 11.5 Å². The van der Waals surface area contributed by atoms with Crippen LogP contribution in [-0.2, 0) is 20.7 Å². The third kappa shape index (κ3) is 5.20. The first-order chi connectivity index (χ1) is 12.8. The van der Waals surface area contributed by atoms with Gasteiger partial charge >= 0.3 is 5.97 Å². The summed E-state index contributed by atoms with van der Waals surface area (Å²) >= 11 is 1.15. The monoisotopic (exact) mass is 392 g/mol. The lowest BCUT2D eigenvalue weighted by molar-refractivity contribution is -0.152. The van der Waals surface area contributed by atoms with E-state index in [4.69, 9.17) is 19.9 Å². The highest BCUT2D eigenvalue weighted by Gasteiger charge is 2.21. The molecule has 0 aliphatic rings. The first-order valence-corrected chi connectivity index (χ1v) is 8.82. The Morgan fingerprint density at radius 3 is 2.56 bits per heavy atom. The number of amides is 2. The van der Waals surface area contributed by atoms with Gasteiger partial charge in [-0.15, -0.1) is 11.3 Å². The lowest BCUT2D eigenvalue weighted by atomic mass is 10.1. The highest BCUT2D eigenvalue weighted by atomic mass is 32.1. The second kappa shape index (κ2) is 9.04.